The summed E-state index contributed by atoms with van der Waals surface area (Å²) in [6.45, 7) is -0.609. The first-order chi connectivity index (χ1) is 11.8. The van der Waals surface area contributed by atoms with Gasteiger partial charge in [-0.15, -0.1) is 0 Å². The maximum Gasteiger partial charge on any atom is 0.387 e. The van der Waals surface area contributed by atoms with Gasteiger partial charge in [0.05, 0.1) is 12.4 Å². The Morgan fingerprint density at radius 1 is 1.32 bits per heavy atom. The first kappa shape index (κ1) is 20.9. The molecular weight excluding hydrogens is 356 g/mol. The number of aliphatic imine (C=N–C) groups is 1. The third-order valence-electron chi connectivity index (χ3n) is 3.00. The van der Waals surface area contributed by atoms with Crippen molar-refractivity contribution < 1.29 is 26.7 Å². The summed E-state index contributed by atoms with van der Waals surface area (Å²) in [5.74, 6) is 0.474. The van der Waals surface area contributed by atoms with Crippen LogP contribution in [0.5, 0.6) is 11.5 Å². The fraction of sp³-hybridized carbons (Fsp3) is 0.533. The highest BCUT2D eigenvalue weighted by Gasteiger charge is 2.16. The van der Waals surface area contributed by atoms with Crippen molar-refractivity contribution in [1.82, 2.24) is 10.6 Å². The molecule has 1 aromatic rings. The standard InChI is InChI=1S/C15H23F2N3O4S/c1-4-23-12-7-5-6-11(13(12)24-14(16)17)10-20-15(18-2)19-8-9-25(3,21)22/h5-7,14H,4,8-10H2,1-3H3,(H2,18,19,20). The molecule has 142 valence electrons. The van der Waals surface area contributed by atoms with E-state index < -0.39 is 16.4 Å². The minimum Gasteiger partial charge on any atom is -0.490 e. The van der Waals surface area contributed by atoms with Crippen LogP contribution in [0.1, 0.15) is 12.5 Å². The summed E-state index contributed by atoms with van der Waals surface area (Å²) >= 11 is 0. The number of nitrogens with zero attached hydrogens (tertiary/aromatic N) is 1. The monoisotopic (exact) mass is 379 g/mol. The molecule has 25 heavy (non-hydrogen) atoms. The number of benzene rings is 1. The van der Waals surface area contributed by atoms with Crippen LogP contribution in [0.15, 0.2) is 23.2 Å². The van der Waals surface area contributed by atoms with Gasteiger partial charge in [0.1, 0.15) is 9.84 Å². The molecule has 0 unspecified atom stereocenters. The smallest absolute Gasteiger partial charge is 0.387 e. The first-order valence-electron chi connectivity index (χ1n) is 7.58. The zero-order chi connectivity index (χ0) is 18.9. The highest BCUT2D eigenvalue weighted by atomic mass is 32.2. The van der Waals surface area contributed by atoms with Crippen molar-refractivity contribution in [3.63, 3.8) is 0 Å². The second-order valence-corrected chi connectivity index (χ2v) is 7.30. The van der Waals surface area contributed by atoms with Crippen molar-refractivity contribution in [1.29, 1.82) is 0 Å². The summed E-state index contributed by atoms with van der Waals surface area (Å²) in [5, 5.41) is 5.75. The van der Waals surface area contributed by atoms with Gasteiger partial charge in [-0.25, -0.2) is 8.42 Å². The van der Waals surface area contributed by atoms with Gasteiger partial charge >= 0.3 is 6.61 Å². The Morgan fingerprint density at radius 2 is 2.04 bits per heavy atom. The van der Waals surface area contributed by atoms with Crippen LogP contribution in [-0.4, -0.2) is 53.2 Å². The Morgan fingerprint density at radius 3 is 2.60 bits per heavy atom. The molecule has 0 aliphatic carbocycles. The molecule has 0 atom stereocenters. The summed E-state index contributed by atoms with van der Waals surface area (Å²) in [4.78, 5) is 3.95. The highest BCUT2D eigenvalue weighted by Crippen LogP contribution is 2.32. The van der Waals surface area contributed by atoms with Gasteiger partial charge < -0.3 is 20.1 Å². The summed E-state index contributed by atoms with van der Waals surface area (Å²) < 4.78 is 57.5. The zero-order valence-electron chi connectivity index (χ0n) is 14.4. The quantitative estimate of drug-likeness (QED) is 0.498. The lowest BCUT2D eigenvalue weighted by Gasteiger charge is -2.17. The minimum absolute atomic E-state index is 0.0431. The molecule has 0 bridgehead atoms. The van der Waals surface area contributed by atoms with E-state index >= 15 is 0 Å². The maximum absolute atomic E-state index is 12.7. The van der Waals surface area contributed by atoms with Crippen LogP contribution < -0.4 is 20.1 Å². The van der Waals surface area contributed by atoms with Gasteiger partial charge in [-0.3, -0.25) is 4.99 Å². The van der Waals surface area contributed by atoms with Gasteiger partial charge in [-0.05, 0) is 13.0 Å². The number of hydrogen-bond acceptors (Lipinski definition) is 5. The number of halogens is 2. The second-order valence-electron chi connectivity index (χ2n) is 5.04. The van der Waals surface area contributed by atoms with E-state index in [1.54, 1.807) is 25.1 Å². The number of guanidine groups is 1. The fourth-order valence-electron chi connectivity index (χ4n) is 1.95. The van der Waals surface area contributed by atoms with Crippen LogP contribution >= 0.6 is 0 Å². The number of alkyl halides is 2. The van der Waals surface area contributed by atoms with Gasteiger partial charge in [0.2, 0.25) is 0 Å². The average Bonchev–Trinajstić information content (AvgIpc) is 2.51. The van der Waals surface area contributed by atoms with Crippen LogP contribution in [0.3, 0.4) is 0 Å². The molecule has 0 saturated heterocycles. The number of para-hydroxylation sites is 1. The minimum atomic E-state index is -3.09. The molecule has 0 aliphatic heterocycles. The van der Waals surface area contributed by atoms with E-state index in [4.69, 9.17) is 4.74 Å². The van der Waals surface area contributed by atoms with E-state index in [2.05, 4.69) is 20.4 Å². The Bertz CT molecular complexity index is 681. The topological polar surface area (TPSA) is 89.0 Å². The fourth-order valence-corrected chi connectivity index (χ4v) is 2.42. The molecular formula is C15H23F2N3O4S. The first-order valence-corrected chi connectivity index (χ1v) is 9.64. The molecule has 0 heterocycles. The summed E-state index contributed by atoms with van der Waals surface area (Å²) in [5.41, 5.74) is 0.456. The second kappa shape index (κ2) is 10.0. The number of hydrogen-bond donors (Lipinski definition) is 2. The van der Waals surface area contributed by atoms with E-state index in [1.165, 1.54) is 7.05 Å². The zero-order valence-corrected chi connectivity index (χ0v) is 15.2. The summed E-state index contributed by atoms with van der Waals surface area (Å²) in [6.07, 6.45) is 1.14. The lowest BCUT2D eigenvalue weighted by atomic mass is 10.2. The normalized spacial score (nSPS) is 12.2. The van der Waals surface area contributed by atoms with E-state index in [-0.39, 0.29) is 30.3 Å². The van der Waals surface area contributed by atoms with Crippen molar-refractivity contribution in [2.75, 3.05) is 32.2 Å². The lowest BCUT2D eigenvalue weighted by molar-refractivity contribution is -0.0520. The Kier molecular flexibility index (Phi) is 8.39. The van der Waals surface area contributed by atoms with Crippen LogP contribution in [0.2, 0.25) is 0 Å². The van der Waals surface area contributed by atoms with Crippen molar-refractivity contribution in [3.05, 3.63) is 23.8 Å². The summed E-state index contributed by atoms with van der Waals surface area (Å²) in [6, 6.07) is 4.83. The van der Waals surface area contributed by atoms with Crippen LogP contribution in [0.4, 0.5) is 8.78 Å². The number of nitrogens with one attached hydrogen (secondary N) is 2. The highest BCUT2D eigenvalue weighted by molar-refractivity contribution is 7.90. The largest absolute Gasteiger partial charge is 0.490 e. The van der Waals surface area contributed by atoms with Crippen LogP contribution in [-0.2, 0) is 16.4 Å². The van der Waals surface area contributed by atoms with Crippen molar-refractivity contribution >= 4 is 15.8 Å². The van der Waals surface area contributed by atoms with Crippen molar-refractivity contribution in [2.45, 2.75) is 20.1 Å². The molecule has 1 aromatic carbocycles. The Labute approximate surface area is 146 Å². The summed E-state index contributed by atoms with van der Waals surface area (Å²) in [7, 11) is -1.58. The third kappa shape index (κ3) is 8.01. The van der Waals surface area contributed by atoms with Crippen molar-refractivity contribution in [2.24, 2.45) is 4.99 Å². The van der Waals surface area contributed by atoms with E-state index in [0.717, 1.165) is 6.26 Å². The van der Waals surface area contributed by atoms with E-state index in [1.807, 2.05) is 0 Å². The number of sulfone groups is 1. The van der Waals surface area contributed by atoms with E-state index in [9.17, 15) is 17.2 Å². The van der Waals surface area contributed by atoms with Gasteiger partial charge in [-0.2, -0.15) is 8.78 Å². The molecule has 0 fully saturated rings. The molecule has 2 N–H and O–H groups in total. The average molecular weight is 379 g/mol. The van der Waals surface area contributed by atoms with Gasteiger partial charge in [0, 0.05) is 32.0 Å². The Hall–Kier alpha value is -2.10. The molecule has 0 spiro atoms. The SMILES string of the molecule is CCOc1cccc(CNC(=NC)NCCS(C)(=O)=O)c1OC(F)F. The van der Waals surface area contributed by atoms with Gasteiger partial charge in [0.25, 0.3) is 0 Å². The lowest BCUT2D eigenvalue weighted by Crippen LogP contribution is -2.39. The molecule has 0 aliphatic rings. The predicted octanol–water partition coefficient (Wildman–Crippen LogP) is 1.40. The molecule has 0 saturated carbocycles. The van der Waals surface area contributed by atoms with Crippen LogP contribution in [0.25, 0.3) is 0 Å². The molecule has 7 nitrogen and oxygen atoms in total. The third-order valence-corrected chi connectivity index (χ3v) is 3.95. The van der Waals surface area contributed by atoms with E-state index in [0.29, 0.717) is 18.1 Å². The van der Waals surface area contributed by atoms with Gasteiger partial charge in [-0.1, -0.05) is 12.1 Å². The number of ether oxygens (including phenoxy) is 2. The Balaban J connectivity index is 2.78. The molecule has 0 amide bonds. The molecule has 0 aromatic heterocycles. The molecule has 1 rings (SSSR count). The molecule has 10 heteroatoms. The molecule has 0 radical (unpaired) electrons. The van der Waals surface area contributed by atoms with Crippen molar-refractivity contribution in [3.8, 4) is 11.5 Å². The van der Waals surface area contributed by atoms with Gasteiger partial charge in [0.15, 0.2) is 17.5 Å². The predicted molar refractivity (Wildman–Crippen MR) is 92.2 cm³/mol. The maximum atomic E-state index is 12.7. The number of rotatable bonds is 9. The van der Waals surface area contributed by atoms with Crippen LogP contribution in [0, 0.1) is 0 Å².